The largest absolute Gasteiger partial charge is 0.309 e. The summed E-state index contributed by atoms with van der Waals surface area (Å²) in [7, 11) is 0. The van der Waals surface area contributed by atoms with Crippen molar-refractivity contribution in [3.8, 4) is 5.69 Å². The summed E-state index contributed by atoms with van der Waals surface area (Å²) < 4.78 is 2.37. The average molecular weight is 505 g/mol. The van der Waals surface area contributed by atoms with Crippen molar-refractivity contribution >= 4 is 38.7 Å². The SMILES string of the molecule is CCN=C(C/C(=C(\C)c1ccc(-n2c3ccccc3c3ccccc32)cc1)c1ccccc1)c1ccccc1. The first-order valence-electron chi connectivity index (χ1n) is 13.7. The molecular formula is C37H32N2. The molecule has 0 unspecified atom stereocenters. The van der Waals surface area contributed by atoms with E-state index in [9.17, 15) is 0 Å². The predicted molar refractivity (Wildman–Crippen MR) is 168 cm³/mol. The lowest BCUT2D eigenvalue weighted by molar-refractivity contribution is 1.12. The molecule has 0 radical (unpaired) electrons. The highest BCUT2D eigenvalue weighted by atomic mass is 15.0. The van der Waals surface area contributed by atoms with E-state index in [4.69, 9.17) is 4.99 Å². The quantitative estimate of drug-likeness (QED) is 0.152. The molecule has 0 fully saturated rings. The molecule has 0 aliphatic carbocycles. The number of para-hydroxylation sites is 2. The Morgan fingerprint density at radius 1 is 0.564 bits per heavy atom. The molecule has 0 atom stereocenters. The fourth-order valence-corrected chi connectivity index (χ4v) is 5.56. The summed E-state index contributed by atoms with van der Waals surface area (Å²) >= 11 is 0. The van der Waals surface area contributed by atoms with Crippen LogP contribution < -0.4 is 0 Å². The molecule has 0 saturated carbocycles. The first-order valence-corrected chi connectivity index (χ1v) is 13.7. The zero-order valence-electron chi connectivity index (χ0n) is 22.5. The fourth-order valence-electron chi connectivity index (χ4n) is 5.56. The Morgan fingerprint density at radius 2 is 1.08 bits per heavy atom. The van der Waals surface area contributed by atoms with Gasteiger partial charge in [0.05, 0.1) is 11.0 Å². The van der Waals surface area contributed by atoms with Crippen LogP contribution in [0.5, 0.6) is 0 Å². The second-order valence-electron chi connectivity index (χ2n) is 9.85. The minimum absolute atomic E-state index is 0.763. The van der Waals surface area contributed by atoms with Crippen LogP contribution >= 0.6 is 0 Å². The highest BCUT2D eigenvalue weighted by molar-refractivity contribution is 6.10. The van der Waals surface area contributed by atoms with Gasteiger partial charge in [0.2, 0.25) is 0 Å². The van der Waals surface area contributed by atoms with E-state index in [2.05, 4.69) is 152 Å². The Morgan fingerprint density at radius 3 is 1.64 bits per heavy atom. The number of nitrogens with zero attached hydrogens (tertiary/aromatic N) is 2. The van der Waals surface area contributed by atoms with Crippen molar-refractivity contribution in [3.63, 3.8) is 0 Å². The van der Waals surface area contributed by atoms with Gasteiger partial charge < -0.3 is 4.57 Å². The maximum atomic E-state index is 4.92. The standard InChI is InChI=1S/C37H32N2/c1-3-38-35(30-16-8-5-9-17-30)26-34(29-14-6-4-7-15-29)27(2)28-22-24-31(25-23-28)39-36-20-12-10-18-32(36)33-19-11-13-21-37(33)39/h4-25H,3,26H2,1-2H3/b34-27-,38-35?. The predicted octanol–water partition coefficient (Wildman–Crippen LogP) is 9.61. The van der Waals surface area contributed by atoms with E-state index in [0.717, 1.165) is 18.7 Å². The Bertz CT molecular complexity index is 1730. The van der Waals surface area contributed by atoms with Crippen LogP contribution in [0.2, 0.25) is 0 Å². The van der Waals surface area contributed by atoms with Crippen LogP contribution in [0.25, 0.3) is 38.6 Å². The highest BCUT2D eigenvalue weighted by Gasteiger charge is 2.15. The fraction of sp³-hybridized carbons (Fsp3) is 0.108. The molecule has 0 aliphatic rings. The van der Waals surface area contributed by atoms with Gasteiger partial charge in [0.1, 0.15) is 0 Å². The first-order chi connectivity index (χ1) is 19.2. The maximum Gasteiger partial charge on any atom is 0.0541 e. The van der Waals surface area contributed by atoms with Crippen LogP contribution in [0, 0.1) is 0 Å². The molecule has 0 saturated heterocycles. The van der Waals surface area contributed by atoms with Crippen molar-refractivity contribution in [2.75, 3.05) is 6.54 Å². The molecule has 1 aromatic heterocycles. The Labute approximate surface area is 230 Å². The van der Waals surface area contributed by atoms with Crippen molar-refractivity contribution in [3.05, 3.63) is 150 Å². The average Bonchev–Trinajstić information content (AvgIpc) is 3.34. The van der Waals surface area contributed by atoms with Gasteiger partial charge >= 0.3 is 0 Å². The van der Waals surface area contributed by atoms with Crippen molar-refractivity contribution in [1.29, 1.82) is 0 Å². The second-order valence-corrected chi connectivity index (χ2v) is 9.85. The normalized spacial score (nSPS) is 12.6. The topological polar surface area (TPSA) is 17.3 Å². The van der Waals surface area contributed by atoms with Crippen LogP contribution in [0.4, 0.5) is 0 Å². The van der Waals surface area contributed by atoms with Gasteiger partial charge in [-0.25, -0.2) is 0 Å². The van der Waals surface area contributed by atoms with E-state index < -0.39 is 0 Å². The summed E-state index contributed by atoms with van der Waals surface area (Å²) in [5, 5.41) is 2.56. The Hall–Kier alpha value is -4.69. The summed E-state index contributed by atoms with van der Waals surface area (Å²) in [6.45, 7) is 5.11. The van der Waals surface area contributed by atoms with Gasteiger partial charge in [-0.1, -0.05) is 109 Å². The third-order valence-corrected chi connectivity index (χ3v) is 7.51. The van der Waals surface area contributed by atoms with E-state index >= 15 is 0 Å². The summed E-state index contributed by atoms with van der Waals surface area (Å²) in [5.41, 5.74) is 11.0. The third kappa shape index (κ3) is 4.82. The van der Waals surface area contributed by atoms with Gasteiger partial charge in [0.25, 0.3) is 0 Å². The minimum Gasteiger partial charge on any atom is -0.309 e. The zero-order valence-corrected chi connectivity index (χ0v) is 22.5. The van der Waals surface area contributed by atoms with Crippen molar-refractivity contribution < 1.29 is 0 Å². The molecular weight excluding hydrogens is 472 g/mol. The number of allylic oxidation sites excluding steroid dienone is 2. The summed E-state index contributed by atoms with van der Waals surface area (Å²) in [4.78, 5) is 4.92. The van der Waals surface area contributed by atoms with Crippen molar-refractivity contribution in [2.24, 2.45) is 4.99 Å². The lowest BCUT2D eigenvalue weighted by Crippen LogP contribution is -2.05. The van der Waals surface area contributed by atoms with Gasteiger partial charge in [-0.3, -0.25) is 4.99 Å². The maximum absolute atomic E-state index is 4.92. The van der Waals surface area contributed by atoms with Crippen molar-refractivity contribution in [2.45, 2.75) is 20.3 Å². The minimum atomic E-state index is 0.763. The Balaban J connectivity index is 1.44. The molecule has 0 N–H and O–H groups in total. The molecule has 6 aromatic rings. The van der Waals surface area contributed by atoms with E-state index in [1.807, 2.05) is 0 Å². The summed E-state index contributed by atoms with van der Waals surface area (Å²) in [5.74, 6) is 0. The van der Waals surface area contributed by atoms with Gasteiger partial charge in [-0.2, -0.15) is 0 Å². The van der Waals surface area contributed by atoms with Gasteiger partial charge in [0.15, 0.2) is 0 Å². The molecule has 2 nitrogen and oxygen atoms in total. The lowest BCUT2D eigenvalue weighted by Gasteiger charge is -2.16. The molecule has 0 amide bonds. The van der Waals surface area contributed by atoms with Crippen LogP contribution in [0.3, 0.4) is 0 Å². The third-order valence-electron chi connectivity index (χ3n) is 7.51. The summed E-state index contributed by atoms with van der Waals surface area (Å²) in [6, 6.07) is 47.6. The molecule has 0 aliphatic heterocycles. The van der Waals surface area contributed by atoms with Gasteiger partial charge in [-0.05, 0) is 65.9 Å². The van der Waals surface area contributed by atoms with E-state index in [-0.39, 0.29) is 0 Å². The number of benzene rings is 5. The number of aliphatic imine (C=N–C) groups is 1. The number of hydrogen-bond acceptors (Lipinski definition) is 1. The molecule has 6 rings (SSSR count). The number of aromatic nitrogens is 1. The Kier molecular flexibility index (Phi) is 6.93. The van der Waals surface area contributed by atoms with Gasteiger partial charge in [0, 0.05) is 35.1 Å². The molecule has 5 aromatic carbocycles. The molecule has 1 heterocycles. The highest BCUT2D eigenvalue weighted by Crippen LogP contribution is 2.34. The smallest absolute Gasteiger partial charge is 0.0541 e. The number of rotatable bonds is 7. The van der Waals surface area contributed by atoms with Crippen molar-refractivity contribution in [1.82, 2.24) is 4.57 Å². The molecule has 39 heavy (non-hydrogen) atoms. The summed E-state index contributed by atoms with van der Waals surface area (Å²) in [6.07, 6.45) is 0.780. The first kappa shape index (κ1) is 24.6. The van der Waals surface area contributed by atoms with Crippen LogP contribution in [-0.2, 0) is 0 Å². The lowest BCUT2D eigenvalue weighted by atomic mass is 9.90. The van der Waals surface area contributed by atoms with E-state index in [1.54, 1.807) is 0 Å². The van der Waals surface area contributed by atoms with Gasteiger partial charge in [-0.15, -0.1) is 0 Å². The zero-order chi connectivity index (χ0) is 26.6. The van der Waals surface area contributed by atoms with Crippen LogP contribution in [-0.4, -0.2) is 16.8 Å². The second kappa shape index (κ2) is 11.0. The number of hydrogen-bond donors (Lipinski definition) is 0. The van der Waals surface area contributed by atoms with E-state index in [1.165, 1.54) is 55.3 Å². The van der Waals surface area contributed by atoms with Crippen LogP contribution in [0.15, 0.2) is 138 Å². The molecule has 190 valence electrons. The number of fused-ring (bicyclic) bond motifs is 3. The molecule has 0 bridgehead atoms. The van der Waals surface area contributed by atoms with E-state index in [0.29, 0.717) is 0 Å². The monoisotopic (exact) mass is 504 g/mol. The van der Waals surface area contributed by atoms with Crippen LogP contribution in [0.1, 0.15) is 37.0 Å². The molecule has 2 heteroatoms. The molecule has 0 spiro atoms.